The number of guanidine groups is 4. The van der Waals surface area contributed by atoms with Gasteiger partial charge in [-0.1, -0.05) is 12.1 Å². The van der Waals surface area contributed by atoms with Gasteiger partial charge in [0.05, 0.1) is 11.4 Å². The van der Waals surface area contributed by atoms with Crippen molar-refractivity contribution in [3.63, 3.8) is 0 Å². The molecular weight excluding hydrogens is 404 g/mol. The second-order valence-electron chi connectivity index (χ2n) is 6.71. The number of benzene rings is 2. The first kappa shape index (κ1) is 27.7. The molecule has 10 nitrogen and oxygen atoms in total. The lowest BCUT2D eigenvalue weighted by molar-refractivity contribution is 1.33. The Morgan fingerprint density at radius 1 is 0.531 bits per heavy atom. The number of hydrogen-bond donors (Lipinski definition) is 6. The topological polar surface area (TPSA) is 206 Å². The first-order chi connectivity index (χ1) is 14.9. The van der Waals surface area contributed by atoms with E-state index in [1.165, 1.54) is 0 Å². The van der Waals surface area contributed by atoms with Crippen molar-refractivity contribution in [1.82, 2.24) is 0 Å². The lowest BCUT2D eigenvalue weighted by Gasteiger charge is -2.00. The monoisotopic (exact) mass is 438 g/mol. The third kappa shape index (κ3) is 12.3. The van der Waals surface area contributed by atoms with Crippen LogP contribution < -0.4 is 34.4 Å². The zero-order valence-electron chi connectivity index (χ0n) is 19.1. The number of nitrogens with zero attached hydrogens (tertiary/aromatic N) is 4. The van der Waals surface area contributed by atoms with Crippen molar-refractivity contribution < 1.29 is 0 Å². The van der Waals surface area contributed by atoms with Crippen LogP contribution in [-0.2, 0) is 0 Å². The maximum atomic E-state index is 5.51. The van der Waals surface area contributed by atoms with E-state index in [-0.39, 0.29) is 23.8 Å². The molecule has 0 atom stereocenters. The van der Waals surface area contributed by atoms with Gasteiger partial charge in [0.25, 0.3) is 0 Å². The molecule has 2 rings (SSSR count). The van der Waals surface area contributed by atoms with Gasteiger partial charge < -0.3 is 34.4 Å². The minimum atomic E-state index is -0.0966. The number of nitrogens with two attached hydrogens (primary N) is 6. The second-order valence-corrected chi connectivity index (χ2v) is 6.71. The summed E-state index contributed by atoms with van der Waals surface area (Å²) < 4.78 is 0. The van der Waals surface area contributed by atoms with Crippen LogP contribution in [0.1, 0.15) is 22.3 Å². The van der Waals surface area contributed by atoms with Crippen molar-refractivity contribution in [2.24, 2.45) is 54.4 Å². The molecule has 0 aliphatic carbocycles. The molecule has 0 fully saturated rings. The van der Waals surface area contributed by atoms with Gasteiger partial charge in [0.15, 0.2) is 11.9 Å². The van der Waals surface area contributed by atoms with Crippen molar-refractivity contribution in [3.8, 4) is 0 Å². The molecule has 0 unspecified atom stereocenters. The van der Waals surface area contributed by atoms with Crippen molar-refractivity contribution in [2.45, 2.75) is 27.7 Å². The van der Waals surface area contributed by atoms with Gasteiger partial charge in [0.2, 0.25) is 11.9 Å². The Morgan fingerprint density at radius 2 is 0.781 bits per heavy atom. The van der Waals surface area contributed by atoms with Crippen molar-refractivity contribution in [2.75, 3.05) is 0 Å². The maximum absolute atomic E-state index is 5.51. The van der Waals surface area contributed by atoms with E-state index in [1.807, 2.05) is 52.0 Å². The number of rotatable bonds is 2. The highest BCUT2D eigenvalue weighted by Gasteiger charge is 1.96. The average Bonchev–Trinajstić information content (AvgIpc) is 2.60. The van der Waals surface area contributed by atoms with E-state index >= 15 is 0 Å². The van der Waals surface area contributed by atoms with Crippen LogP contribution in [0.3, 0.4) is 0 Å². The van der Waals surface area contributed by atoms with Gasteiger partial charge in [0, 0.05) is 0 Å². The molecule has 0 saturated heterocycles. The predicted molar refractivity (Wildman–Crippen MR) is 137 cm³/mol. The van der Waals surface area contributed by atoms with Crippen LogP contribution in [0.25, 0.3) is 0 Å². The Hall–Kier alpha value is -4.34. The number of aliphatic imine (C=N–C) groups is 4. The molecule has 2 aromatic carbocycles. The van der Waals surface area contributed by atoms with E-state index < -0.39 is 0 Å². The number of aryl methyl sites for hydroxylation is 4. The highest BCUT2D eigenvalue weighted by molar-refractivity contribution is 5.94. The van der Waals surface area contributed by atoms with E-state index in [9.17, 15) is 0 Å². The first-order valence-corrected chi connectivity index (χ1v) is 9.49. The molecule has 0 heterocycles. The average molecular weight is 439 g/mol. The minimum absolute atomic E-state index is 0.0556. The van der Waals surface area contributed by atoms with Gasteiger partial charge >= 0.3 is 0 Å². The molecule has 0 spiro atoms. The summed E-state index contributed by atoms with van der Waals surface area (Å²) in [5, 5.41) is 0. The first-order valence-electron chi connectivity index (χ1n) is 9.49. The van der Waals surface area contributed by atoms with Crippen LogP contribution in [0.15, 0.2) is 69.5 Å². The van der Waals surface area contributed by atoms with Crippen LogP contribution >= 0.6 is 0 Å². The SMILES string of the molecule is C=C.Cc1cc(C)cc(N=C(N)N=C(N)N)c1.Cc1cc(C)cc(N=C(N)N=C(N)N)c1. The van der Waals surface area contributed by atoms with E-state index in [4.69, 9.17) is 34.4 Å². The van der Waals surface area contributed by atoms with Crippen LogP contribution in [-0.4, -0.2) is 23.8 Å². The fourth-order valence-corrected chi connectivity index (χ4v) is 2.61. The molecular formula is C22H34N10. The molecule has 10 heteroatoms. The minimum Gasteiger partial charge on any atom is -0.370 e. The maximum Gasteiger partial charge on any atom is 0.223 e. The summed E-state index contributed by atoms with van der Waals surface area (Å²) in [6, 6.07) is 11.7. The molecule has 0 saturated carbocycles. The molecule has 0 radical (unpaired) electrons. The lowest BCUT2D eigenvalue weighted by atomic mass is 10.1. The van der Waals surface area contributed by atoms with Gasteiger partial charge in [-0.3, -0.25) is 0 Å². The zero-order chi connectivity index (χ0) is 24.8. The van der Waals surface area contributed by atoms with Crippen LogP contribution in [0.4, 0.5) is 11.4 Å². The van der Waals surface area contributed by atoms with Gasteiger partial charge in [-0.05, 0) is 74.2 Å². The molecule has 0 amide bonds. The Balaban J connectivity index is 0.000000557. The molecule has 2 aromatic rings. The molecule has 32 heavy (non-hydrogen) atoms. The molecule has 0 aliphatic heterocycles. The van der Waals surface area contributed by atoms with Crippen LogP contribution in [0.5, 0.6) is 0 Å². The van der Waals surface area contributed by atoms with Crippen LogP contribution in [0, 0.1) is 27.7 Å². The molecule has 0 aromatic heterocycles. The van der Waals surface area contributed by atoms with Gasteiger partial charge in [0.1, 0.15) is 0 Å². The van der Waals surface area contributed by atoms with Gasteiger partial charge in [-0.2, -0.15) is 9.98 Å². The Labute approximate surface area is 189 Å². The molecule has 172 valence electrons. The normalized spacial score (nSPS) is 10.6. The summed E-state index contributed by atoms with van der Waals surface area (Å²) in [4.78, 5) is 15.4. The van der Waals surface area contributed by atoms with Crippen molar-refractivity contribution in [1.29, 1.82) is 0 Å². The van der Waals surface area contributed by atoms with Gasteiger partial charge in [-0.25, -0.2) is 9.98 Å². The fourth-order valence-electron chi connectivity index (χ4n) is 2.61. The predicted octanol–water partition coefficient (Wildman–Crippen LogP) is 1.85. The molecule has 0 bridgehead atoms. The van der Waals surface area contributed by atoms with E-state index in [0.717, 1.165) is 33.6 Å². The molecule has 12 N–H and O–H groups in total. The van der Waals surface area contributed by atoms with Crippen molar-refractivity contribution >= 4 is 35.2 Å². The molecule has 0 aliphatic rings. The Kier molecular flexibility index (Phi) is 11.9. The summed E-state index contributed by atoms with van der Waals surface area (Å²) in [6.45, 7) is 14.0. The standard InChI is InChI=1S/2C10H15N5.C2H4/c2*1-6-3-7(2)5-8(4-6)14-10(13)15-9(11)12;1-2/h2*3-5H,1-2H3,(H6,11,12,13,14,15);1-2H2. The summed E-state index contributed by atoms with van der Waals surface area (Å²) in [6.07, 6.45) is 0. The quantitative estimate of drug-likeness (QED) is 0.234. The largest absolute Gasteiger partial charge is 0.370 e. The Bertz CT molecular complexity index is 889. The van der Waals surface area contributed by atoms with Crippen molar-refractivity contribution in [3.05, 3.63) is 71.8 Å². The third-order valence-electron chi connectivity index (χ3n) is 3.39. The smallest absolute Gasteiger partial charge is 0.223 e. The highest BCUT2D eigenvalue weighted by Crippen LogP contribution is 2.17. The number of hydrogen-bond acceptors (Lipinski definition) is 2. The highest BCUT2D eigenvalue weighted by atomic mass is 15.1. The van der Waals surface area contributed by atoms with Gasteiger partial charge in [-0.15, -0.1) is 13.2 Å². The summed E-state index contributed by atoms with van der Waals surface area (Å²) in [7, 11) is 0. The van der Waals surface area contributed by atoms with E-state index in [2.05, 4.69) is 45.3 Å². The van der Waals surface area contributed by atoms with E-state index in [0.29, 0.717) is 0 Å². The zero-order valence-corrected chi connectivity index (χ0v) is 19.1. The summed E-state index contributed by atoms with van der Waals surface area (Å²) in [5.74, 6) is -0.0822. The summed E-state index contributed by atoms with van der Waals surface area (Å²) in [5.41, 5.74) is 37.7. The third-order valence-corrected chi connectivity index (χ3v) is 3.39. The lowest BCUT2D eigenvalue weighted by Crippen LogP contribution is -2.26. The van der Waals surface area contributed by atoms with E-state index in [1.54, 1.807) is 0 Å². The second kappa shape index (κ2) is 13.8. The Morgan fingerprint density at radius 3 is 1.00 bits per heavy atom. The fraction of sp³-hybridized carbons (Fsp3) is 0.182. The summed E-state index contributed by atoms with van der Waals surface area (Å²) >= 11 is 0. The van der Waals surface area contributed by atoms with Crippen LogP contribution in [0.2, 0.25) is 0 Å².